The van der Waals surface area contributed by atoms with Gasteiger partial charge >= 0.3 is 0 Å². The maximum Gasteiger partial charge on any atom is 0.160 e. The van der Waals surface area contributed by atoms with Crippen LogP contribution in [0, 0.1) is 0 Å². The summed E-state index contributed by atoms with van der Waals surface area (Å²) in [5, 5.41) is 0.768. The van der Waals surface area contributed by atoms with Crippen molar-refractivity contribution in [2.75, 3.05) is 25.2 Å². The number of hydrogen-bond acceptors (Lipinski definition) is 4. The predicted molar refractivity (Wildman–Crippen MR) is 86.5 cm³/mol. The molecule has 1 aromatic heterocycles. The Balaban J connectivity index is 0.000000612. The highest BCUT2D eigenvalue weighted by atomic mass is 35.5. The van der Waals surface area contributed by atoms with Crippen molar-refractivity contribution < 1.29 is 4.74 Å². The van der Waals surface area contributed by atoms with Crippen molar-refractivity contribution in [2.24, 2.45) is 4.99 Å². The molecule has 2 heterocycles. The van der Waals surface area contributed by atoms with Crippen LogP contribution in [0.2, 0.25) is 5.15 Å². The van der Waals surface area contributed by atoms with Crippen LogP contribution in [0.15, 0.2) is 29.4 Å². The monoisotopic (exact) mass is 315 g/mol. The lowest BCUT2D eigenvalue weighted by Gasteiger charge is -2.29. The second-order valence-electron chi connectivity index (χ2n) is 4.18. The summed E-state index contributed by atoms with van der Waals surface area (Å²) in [6.07, 6.45) is 1.25. The molecule has 0 aliphatic carbocycles. The molecular weight excluding hydrogens is 297 g/mol. The zero-order chi connectivity index (χ0) is 15.1. The van der Waals surface area contributed by atoms with E-state index in [1.807, 2.05) is 4.90 Å². The molecular formula is C14H19Cl2N3O. The summed E-state index contributed by atoms with van der Waals surface area (Å²) in [6.45, 7) is 9.27. The topological polar surface area (TPSA) is 37.7 Å². The second-order valence-corrected chi connectivity index (χ2v) is 4.92. The van der Waals surface area contributed by atoms with E-state index in [1.165, 1.54) is 6.42 Å². The van der Waals surface area contributed by atoms with Gasteiger partial charge in [-0.1, -0.05) is 50.0 Å². The zero-order valence-electron chi connectivity index (χ0n) is 12.0. The lowest BCUT2D eigenvalue weighted by atomic mass is 10.3. The van der Waals surface area contributed by atoms with E-state index >= 15 is 0 Å². The molecule has 110 valence electrons. The molecule has 20 heavy (non-hydrogen) atoms. The molecule has 0 spiro atoms. The molecule has 0 N–H and O–H groups in total. The fraction of sp³-hybridized carbons (Fsp3) is 0.429. The number of fused-ring (bicyclic) bond motifs is 1. The maximum atomic E-state index is 6.02. The van der Waals surface area contributed by atoms with Crippen molar-refractivity contribution in [2.45, 2.75) is 20.3 Å². The molecule has 4 nitrogen and oxygen atoms in total. The highest BCUT2D eigenvalue weighted by molar-refractivity contribution is 6.70. The molecule has 1 aliphatic heterocycles. The summed E-state index contributed by atoms with van der Waals surface area (Å²) in [5.41, 5.74) is 1.29. The Kier molecular flexibility index (Phi) is 6.99. The quantitative estimate of drug-likeness (QED) is 0.776. The van der Waals surface area contributed by atoms with Crippen molar-refractivity contribution in [1.29, 1.82) is 0 Å². The highest BCUT2D eigenvalue weighted by Gasteiger charge is 2.23. The zero-order valence-corrected chi connectivity index (χ0v) is 13.5. The van der Waals surface area contributed by atoms with Crippen LogP contribution in [0.25, 0.3) is 0 Å². The van der Waals surface area contributed by atoms with Gasteiger partial charge in [-0.3, -0.25) is 0 Å². The number of halogens is 2. The Bertz CT molecular complexity index is 503. The minimum Gasteiger partial charge on any atom is -0.383 e. The highest BCUT2D eigenvalue weighted by Crippen LogP contribution is 2.35. The first-order valence-electron chi connectivity index (χ1n) is 6.41. The van der Waals surface area contributed by atoms with Gasteiger partial charge in [0.15, 0.2) is 11.0 Å². The number of ether oxygens (including phenoxy) is 1. The van der Waals surface area contributed by atoms with Crippen LogP contribution in [-0.4, -0.2) is 30.4 Å². The number of rotatable bonds is 3. The lowest BCUT2D eigenvalue weighted by molar-refractivity contribution is 0.206. The summed E-state index contributed by atoms with van der Waals surface area (Å²) < 4.78 is 5.05. The van der Waals surface area contributed by atoms with Gasteiger partial charge in [0.05, 0.1) is 12.3 Å². The Morgan fingerprint density at radius 2 is 1.95 bits per heavy atom. The summed E-state index contributed by atoms with van der Waals surface area (Å²) in [7, 11) is 1.63. The Hall–Kier alpha value is -1.10. The number of pyridine rings is 1. The molecule has 0 fully saturated rings. The van der Waals surface area contributed by atoms with Gasteiger partial charge < -0.3 is 9.64 Å². The molecule has 0 amide bonds. The van der Waals surface area contributed by atoms with Crippen LogP contribution >= 0.6 is 23.2 Å². The third-order valence-electron chi connectivity index (χ3n) is 2.38. The van der Waals surface area contributed by atoms with E-state index in [-0.39, 0.29) is 0 Å². The normalized spacial score (nSPS) is 13.3. The van der Waals surface area contributed by atoms with E-state index in [2.05, 4.69) is 30.4 Å². The number of nitrogens with zero attached hydrogens (tertiary/aromatic N) is 3. The Morgan fingerprint density at radius 1 is 1.30 bits per heavy atom. The van der Waals surface area contributed by atoms with Crippen molar-refractivity contribution in [1.82, 2.24) is 4.98 Å². The number of aliphatic imine (C=N–C) groups is 1. The SMILES string of the molecule is C=C1C(Cl)=Nc2ccc(Cl)nc2N1CCOC.CCC. The van der Waals surface area contributed by atoms with Gasteiger partial charge in [0.2, 0.25) is 0 Å². The molecule has 2 rings (SSSR count). The standard InChI is InChI=1S/C11H11Cl2N3O.C3H8/c1-7-10(13)14-8-3-4-9(12)15-11(8)16(7)5-6-17-2;1-3-2/h3-4H,1,5-6H2,2H3;3H2,1-2H3. The Labute approximate surface area is 130 Å². The molecule has 0 saturated heterocycles. The molecule has 1 aliphatic rings. The summed E-state index contributed by atoms with van der Waals surface area (Å²) in [4.78, 5) is 10.3. The lowest BCUT2D eigenvalue weighted by Crippen LogP contribution is -2.31. The number of methoxy groups -OCH3 is 1. The predicted octanol–water partition coefficient (Wildman–Crippen LogP) is 4.40. The molecule has 0 aromatic carbocycles. The number of allylic oxidation sites excluding steroid dienone is 1. The van der Waals surface area contributed by atoms with Crippen LogP contribution in [0.4, 0.5) is 11.5 Å². The maximum absolute atomic E-state index is 6.02. The van der Waals surface area contributed by atoms with E-state index in [0.29, 0.717) is 40.7 Å². The minimum atomic E-state index is 0.359. The van der Waals surface area contributed by atoms with E-state index in [9.17, 15) is 0 Å². The number of hydrogen-bond donors (Lipinski definition) is 0. The van der Waals surface area contributed by atoms with Crippen LogP contribution in [0.1, 0.15) is 20.3 Å². The molecule has 0 atom stereocenters. The third kappa shape index (κ3) is 4.20. The van der Waals surface area contributed by atoms with Gasteiger partial charge in [0.25, 0.3) is 0 Å². The van der Waals surface area contributed by atoms with E-state index in [4.69, 9.17) is 27.9 Å². The fourth-order valence-electron chi connectivity index (χ4n) is 1.54. The van der Waals surface area contributed by atoms with Crippen molar-refractivity contribution in [3.63, 3.8) is 0 Å². The van der Waals surface area contributed by atoms with Crippen LogP contribution in [0.3, 0.4) is 0 Å². The van der Waals surface area contributed by atoms with Crippen molar-refractivity contribution >= 4 is 39.9 Å². The van der Waals surface area contributed by atoms with Crippen LogP contribution in [-0.2, 0) is 4.74 Å². The molecule has 0 saturated carbocycles. The minimum absolute atomic E-state index is 0.359. The number of aromatic nitrogens is 1. The second kappa shape index (κ2) is 8.25. The summed E-state index contributed by atoms with van der Waals surface area (Å²) >= 11 is 11.9. The van der Waals surface area contributed by atoms with Gasteiger partial charge in [-0.15, -0.1) is 0 Å². The van der Waals surface area contributed by atoms with Gasteiger partial charge in [0.1, 0.15) is 10.8 Å². The summed E-state index contributed by atoms with van der Waals surface area (Å²) in [6, 6.07) is 3.45. The van der Waals surface area contributed by atoms with E-state index in [1.54, 1.807) is 19.2 Å². The van der Waals surface area contributed by atoms with Crippen LogP contribution in [0.5, 0.6) is 0 Å². The van der Waals surface area contributed by atoms with Crippen molar-refractivity contribution in [3.8, 4) is 0 Å². The van der Waals surface area contributed by atoms with E-state index < -0.39 is 0 Å². The van der Waals surface area contributed by atoms with Crippen molar-refractivity contribution in [3.05, 3.63) is 29.6 Å². The van der Waals surface area contributed by atoms with Gasteiger partial charge in [-0.2, -0.15) is 0 Å². The fourth-order valence-corrected chi connectivity index (χ4v) is 1.87. The molecule has 6 heteroatoms. The first-order valence-corrected chi connectivity index (χ1v) is 7.17. The molecule has 0 radical (unpaired) electrons. The molecule has 0 bridgehead atoms. The average molecular weight is 316 g/mol. The first-order chi connectivity index (χ1) is 9.54. The molecule has 1 aromatic rings. The third-order valence-corrected chi connectivity index (χ3v) is 2.89. The van der Waals surface area contributed by atoms with Gasteiger partial charge in [0, 0.05) is 13.7 Å². The smallest absolute Gasteiger partial charge is 0.160 e. The average Bonchev–Trinajstić information content (AvgIpc) is 2.41. The van der Waals surface area contributed by atoms with Gasteiger partial charge in [-0.05, 0) is 12.1 Å². The summed E-state index contributed by atoms with van der Waals surface area (Å²) in [5.74, 6) is 0.656. The molecule has 0 unspecified atom stereocenters. The van der Waals surface area contributed by atoms with E-state index in [0.717, 1.165) is 0 Å². The van der Waals surface area contributed by atoms with Crippen LogP contribution < -0.4 is 4.90 Å². The Morgan fingerprint density at radius 3 is 2.55 bits per heavy atom. The van der Waals surface area contributed by atoms with Gasteiger partial charge in [-0.25, -0.2) is 9.98 Å². The first kappa shape index (κ1) is 17.0. The number of anilines is 1. The largest absolute Gasteiger partial charge is 0.383 e.